The molecule has 26 heavy (non-hydrogen) atoms. The molecule has 1 N–H and O–H groups in total. The molecule has 3 rings (SSSR count). The van der Waals surface area contributed by atoms with E-state index < -0.39 is 0 Å². The monoisotopic (exact) mass is 405 g/mol. The Bertz CT molecular complexity index is 904. The third-order valence-corrected chi connectivity index (χ3v) is 5.26. The summed E-state index contributed by atoms with van der Waals surface area (Å²) in [7, 11) is 0. The van der Waals surface area contributed by atoms with E-state index in [4.69, 9.17) is 27.9 Å². The molecular formula is C19H17Cl2N3OS. The molecule has 0 amide bonds. The van der Waals surface area contributed by atoms with Crippen molar-refractivity contribution < 1.29 is 4.74 Å². The van der Waals surface area contributed by atoms with E-state index in [0.29, 0.717) is 16.7 Å². The minimum absolute atomic E-state index is 0.383. The van der Waals surface area contributed by atoms with Crippen LogP contribution in [0.4, 0.5) is 5.13 Å². The number of hydrogen-bond acceptors (Lipinski definition) is 5. The molecule has 3 aromatic rings. The topological polar surface area (TPSA) is 46.5 Å². The lowest BCUT2D eigenvalue weighted by Crippen LogP contribution is -1.96. The van der Waals surface area contributed by atoms with Gasteiger partial charge in [0.05, 0.1) is 11.9 Å². The molecule has 1 aromatic heterocycles. The number of aryl methyl sites for hydroxylation is 2. The van der Waals surface area contributed by atoms with Crippen molar-refractivity contribution in [3.63, 3.8) is 0 Å². The molecule has 0 unspecified atom stereocenters. The highest BCUT2D eigenvalue weighted by Gasteiger charge is 2.03. The largest absolute Gasteiger partial charge is 0.489 e. The van der Waals surface area contributed by atoms with Gasteiger partial charge in [0, 0.05) is 20.5 Å². The van der Waals surface area contributed by atoms with Crippen molar-refractivity contribution >= 4 is 45.9 Å². The first kappa shape index (κ1) is 18.7. The van der Waals surface area contributed by atoms with Crippen LogP contribution in [0.25, 0.3) is 0 Å². The summed E-state index contributed by atoms with van der Waals surface area (Å²) in [6.45, 7) is 4.41. The molecule has 0 saturated heterocycles. The maximum Gasteiger partial charge on any atom is 0.203 e. The van der Waals surface area contributed by atoms with E-state index in [1.807, 2.05) is 44.2 Å². The fourth-order valence-electron chi connectivity index (χ4n) is 2.13. The van der Waals surface area contributed by atoms with E-state index in [2.05, 4.69) is 15.5 Å². The number of nitrogens with zero attached hydrogens (tertiary/aromatic N) is 2. The molecule has 134 valence electrons. The first-order valence-electron chi connectivity index (χ1n) is 7.91. The Hall–Kier alpha value is -2.08. The number of halogens is 2. The molecule has 0 aliphatic rings. The molecular weight excluding hydrogens is 389 g/mol. The van der Waals surface area contributed by atoms with E-state index in [0.717, 1.165) is 27.7 Å². The first-order valence-corrected chi connectivity index (χ1v) is 9.48. The first-order chi connectivity index (χ1) is 12.5. The van der Waals surface area contributed by atoms with Gasteiger partial charge < -0.3 is 4.74 Å². The third-order valence-electron chi connectivity index (χ3n) is 3.69. The Labute approximate surface area is 166 Å². The number of hydrogen-bond donors (Lipinski definition) is 1. The molecule has 0 aliphatic heterocycles. The Morgan fingerprint density at radius 1 is 1.15 bits per heavy atom. The van der Waals surface area contributed by atoms with E-state index >= 15 is 0 Å². The number of aromatic nitrogens is 1. The van der Waals surface area contributed by atoms with Gasteiger partial charge in [0.2, 0.25) is 5.13 Å². The van der Waals surface area contributed by atoms with E-state index in [1.54, 1.807) is 29.7 Å². The maximum absolute atomic E-state index is 6.15. The minimum Gasteiger partial charge on any atom is -0.489 e. The molecule has 2 aromatic carbocycles. The summed E-state index contributed by atoms with van der Waals surface area (Å²) in [4.78, 5) is 5.56. The van der Waals surface area contributed by atoms with Gasteiger partial charge in [0.25, 0.3) is 0 Å². The van der Waals surface area contributed by atoms with E-state index in [-0.39, 0.29) is 0 Å². The van der Waals surface area contributed by atoms with Gasteiger partial charge in [-0.2, -0.15) is 5.10 Å². The zero-order valence-electron chi connectivity index (χ0n) is 14.3. The summed E-state index contributed by atoms with van der Waals surface area (Å²) in [5.74, 6) is 0.757. The summed E-state index contributed by atoms with van der Waals surface area (Å²) >= 11 is 13.6. The van der Waals surface area contributed by atoms with Crippen LogP contribution in [0.1, 0.15) is 21.7 Å². The number of nitrogens with one attached hydrogen (secondary N) is 1. The predicted octanol–water partition coefficient (Wildman–Crippen LogP) is 6.09. The molecule has 0 radical (unpaired) electrons. The van der Waals surface area contributed by atoms with Crippen LogP contribution in [0.15, 0.2) is 47.6 Å². The number of thiazole rings is 1. The van der Waals surface area contributed by atoms with Crippen LogP contribution in [0.5, 0.6) is 5.75 Å². The maximum atomic E-state index is 6.15. The van der Waals surface area contributed by atoms with Crippen LogP contribution in [-0.2, 0) is 6.61 Å². The molecule has 0 fully saturated rings. The van der Waals surface area contributed by atoms with Crippen LogP contribution in [0.3, 0.4) is 0 Å². The summed E-state index contributed by atoms with van der Waals surface area (Å²) in [5.41, 5.74) is 5.82. The van der Waals surface area contributed by atoms with E-state index in [9.17, 15) is 0 Å². The number of hydrazone groups is 1. The zero-order chi connectivity index (χ0) is 18.5. The van der Waals surface area contributed by atoms with Gasteiger partial charge in [0.15, 0.2) is 0 Å². The number of anilines is 1. The van der Waals surface area contributed by atoms with Crippen molar-refractivity contribution in [1.29, 1.82) is 0 Å². The summed E-state index contributed by atoms with van der Waals surface area (Å²) < 4.78 is 5.76. The summed E-state index contributed by atoms with van der Waals surface area (Å²) in [6, 6.07) is 13.0. The van der Waals surface area contributed by atoms with Crippen molar-refractivity contribution in [1.82, 2.24) is 4.98 Å². The van der Waals surface area contributed by atoms with E-state index in [1.165, 1.54) is 4.88 Å². The van der Waals surface area contributed by atoms with Gasteiger partial charge in [-0.1, -0.05) is 29.3 Å². The highest BCUT2D eigenvalue weighted by molar-refractivity contribution is 7.15. The zero-order valence-corrected chi connectivity index (χ0v) is 16.6. The average molecular weight is 406 g/mol. The highest BCUT2D eigenvalue weighted by Crippen LogP contribution is 2.23. The van der Waals surface area contributed by atoms with Gasteiger partial charge in [-0.3, -0.25) is 5.43 Å². The fraction of sp³-hybridized carbons (Fsp3) is 0.158. The lowest BCUT2D eigenvalue weighted by atomic mass is 10.2. The predicted molar refractivity (Wildman–Crippen MR) is 110 cm³/mol. The molecule has 0 spiro atoms. The van der Waals surface area contributed by atoms with Gasteiger partial charge in [-0.05, 0) is 55.8 Å². The second-order valence-electron chi connectivity index (χ2n) is 5.62. The normalized spacial score (nSPS) is 11.1. The van der Waals surface area contributed by atoms with Crippen molar-refractivity contribution in [2.45, 2.75) is 20.5 Å². The number of benzene rings is 2. The van der Waals surface area contributed by atoms with Gasteiger partial charge in [0.1, 0.15) is 12.4 Å². The molecule has 1 heterocycles. The molecule has 0 saturated carbocycles. The molecule has 0 bridgehead atoms. The van der Waals surface area contributed by atoms with Crippen LogP contribution in [-0.4, -0.2) is 11.2 Å². The molecule has 4 nitrogen and oxygen atoms in total. The van der Waals surface area contributed by atoms with Crippen LogP contribution in [0, 0.1) is 13.8 Å². The average Bonchev–Trinajstić information content (AvgIpc) is 2.93. The lowest BCUT2D eigenvalue weighted by Gasteiger charge is -2.08. The Morgan fingerprint density at radius 2 is 1.92 bits per heavy atom. The second-order valence-corrected chi connectivity index (χ2v) is 7.67. The highest BCUT2D eigenvalue weighted by atomic mass is 35.5. The SMILES string of the molecule is Cc1nc(N/N=C\c2ccc(OCc3ccc(Cl)cc3Cl)cc2)sc1C. The summed E-state index contributed by atoms with van der Waals surface area (Å²) in [5, 5.41) is 6.21. The van der Waals surface area contributed by atoms with Crippen molar-refractivity contribution in [2.24, 2.45) is 5.10 Å². The van der Waals surface area contributed by atoms with Gasteiger partial charge in [-0.15, -0.1) is 11.3 Å². The quantitative estimate of drug-likeness (QED) is 0.398. The molecule has 7 heteroatoms. The standard InChI is InChI=1S/C19H17Cl2N3OS/c1-12-13(2)26-19(23-12)24-22-10-14-3-7-17(8-4-14)25-11-15-5-6-16(20)9-18(15)21/h3-10H,11H2,1-2H3,(H,23,24)/b22-10-. The molecule has 0 aliphatic carbocycles. The van der Waals surface area contributed by atoms with Crippen LogP contribution >= 0.6 is 34.5 Å². The van der Waals surface area contributed by atoms with Gasteiger partial charge in [-0.25, -0.2) is 4.98 Å². The van der Waals surface area contributed by atoms with Crippen molar-refractivity contribution in [3.05, 3.63) is 74.2 Å². The van der Waals surface area contributed by atoms with Crippen molar-refractivity contribution in [2.75, 3.05) is 5.43 Å². The number of ether oxygens (including phenoxy) is 1. The van der Waals surface area contributed by atoms with Crippen LogP contribution < -0.4 is 10.2 Å². The Kier molecular flexibility index (Phi) is 6.14. The van der Waals surface area contributed by atoms with Gasteiger partial charge >= 0.3 is 0 Å². The lowest BCUT2D eigenvalue weighted by molar-refractivity contribution is 0.306. The number of rotatable bonds is 6. The minimum atomic E-state index is 0.383. The van der Waals surface area contributed by atoms with Crippen LogP contribution in [0.2, 0.25) is 10.0 Å². The Balaban J connectivity index is 1.55. The Morgan fingerprint density at radius 3 is 2.58 bits per heavy atom. The smallest absolute Gasteiger partial charge is 0.203 e. The molecule has 0 atom stereocenters. The summed E-state index contributed by atoms with van der Waals surface area (Å²) in [6.07, 6.45) is 1.74. The second kappa shape index (κ2) is 8.54. The third kappa shape index (κ3) is 4.97. The van der Waals surface area contributed by atoms with Crippen molar-refractivity contribution in [3.8, 4) is 5.75 Å². The fourth-order valence-corrected chi connectivity index (χ4v) is 3.36.